The number of anilines is 3. The summed E-state index contributed by atoms with van der Waals surface area (Å²) in [5, 5.41) is 7.54. The minimum absolute atomic E-state index is 1.12. The van der Waals surface area contributed by atoms with Crippen LogP contribution in [0.1, 0.15) is 0 Å². The van der Waals surface area contributed by atoms with Crippen LogP contribution in [0, 0.1) is 0 Å². The lowest BCUT2D eigenvalue weighted by molar-refractivity contribution is 1.30. The normalized spacial score (nSPS) is 11.3. The van der Waals surface area contributed by atoms with Gasteiger partial charge in [-0.3, -0.25) is 0 Å². The molecule has 202 valence electrons. The minimum atomic E-state index is 1.12. The first-order valence-electron chi connectivity index (χ1n) is 14.8. The Morgan fingerprint density at radius 2 is 0.884 bits per heavy atom. The molecule has 8 rings (SSSR count). The first kappa shape index (κ1) is 25.1. The van der Waals surface area contributed by atoms with E-state index in [1.165, 1.54) is 54.6 Å². The van der Waals surface area contributed by atoms with Crippen LogP contribution in [0.5, 0.6) is 0 Å². The van der Waals surface area contributed by atoms with Crippen molar-refractivity contribution in [3.8, 4) is 22.3 Å². The van der Waals surface area contributed by atoms with Gasteiger partial charge in [0.1, 0.15) is 0 Å². The van der Waals surface area contributed by atoms with Crippen molar-refractivity contribution >= 4 is 49.4 Å². The van der Waals surface area contributed by atoms with Gasteiger partial charge >= 0.3 is 0 Å². The number of para-hydroxylation sites is 1. The Morgan fingerprint density at radius 3 is 1.63 bits per heavy atom. The molecule has 0 aliphatic carbocycles. The molecule has 0 aromatic heterocycles. The number of hydrogen-bond acceptors (Lipinski definition) is 1. The third kappa shape index (κ3) is 4.43. The van der Waals surface area contributed by atoms with Gasteiger partial charge < -0.3 is 4.90 Å². The molecule has 0 radical (unpaired) electrons. The molecule has 0 N–H and O–H groups in total. The Bertz CT molecular complexity index is 2200. The van der Waals surface area contributed by atoms with Crippen LogP contribution in [0.2, 0.25) is 0 Å². The minimum Gasteiger partial charge on any atom is -0.309 e. The van der Waals surface area contributed by atoms with Gasteiger partial charge in [0.2, 0.25) is 0 Å². The molecule has 0 fully saturated rings. The van der Waals surface area contributed by atoms with Gasteiger partial charge in [-0.2, -0.15) is 0 Å². The molecule has 0 saturated heterocycles. The van der Waals surface area contributed by atoms with Crippen molar-refractivity contribution in [1.29, 1.82) is 0 Å². The van der Waals surface area contributed by atoms with Crippen molar-refractivity contribution in [1.82, 2.24) is 0 Å². The highest BCUT2D eigenvalue weighted by atomic mass is 15.1. The van der Waals surface area contributed by atoms with Gasteiger partial charge in [-0.15, -0.1) is 0 Å². The molecule has 0 aliphatic rings. The highest BCUT2D eigenvalue weighted by Gasteiger charge is 2.21. The lowest BCUT2D eigenvalue weighted by atomic mass is 9.93. The van der Waals surface area contributed by atoms with Gasteiger partial charge in [-0.05, 0) is 67.9 Å². The molecule has 8 aromatic carbocycles. The first-order valence-corrected chi connectivity index (χ1v) is 14.8. The van der Waals surface area contributed by atoms with Crippen LogP contribution in [0.15, 0.2) is 176 Å². The lowest BCUT2D eigenvalue weighted by Crippen LogP contribution is -2.12. The molecule has 1 nitrogen and oxygen atoms in total. The Hall–Kier alpha value is -5.66. The van der Waals surface area contributed by atoms with Gasteiger partial charge in [-0.1, -0.05) is 152 Å². The molecule has 0 bridgehead atoms. The molecular formula is C42H29N. The summed E-state index contributed by atoms with van der Waals surface area (Å²) in [6, 6.07) is 63.5. The van der Waals surface area contributed by atoms with Crippen molar-refractivity contribution in [3.05, 3.63) is 176 Å². The van der Waals surface area contributed by atoms with Crippen LogP contribution in [0.25, 0.3) is 54.6 Å². The number of benzene rings is 8. The molecule has 43 heavy (non-hydrogen) atoms. The maximum Gasteiger partial charge on any atom is 0.0546 e. The van der Waals surface area contributed by atoms with Crippen LogP contribution in [-0.4, -0.2) is 0 Å². The number of nitrogens with zero attached hydrogens (tertiary/aromatic N) is 1. The van der Waals surface area contributed by atoms with E-state index in [1.807, 2.05) is 0 Å². The summed E-state index contributed by atoms with van der Waals surface area (Å²) in [5.41, 5.74) is 8.23. The van der Waals surface area contributed by atoms with Crippen molar-refractivity contribution < 1.29 is 0 Å². The highest BCUT2D eigenvalue weighted by molar-refractivity contribution is 6.24. The zero-order valence-corrected chi connectivity index (χ0v) is 23.7. The maximum atomic E-state index is 2.45. The van der Waals surface area contributed by atoms with Gasteiger partial charge in [-0.25, -0.2) is 0 Å². The second-order valence-corrected chi connectivity index (χ2v) is 11.0. The summed E-state index contributed by atoms with van der Waals surface area (Å²) < 4.78 is 0. The smallest absolute Gasteiger partial charge is 0.0546 e. The van der Waals surface area contributed by atoms with E-state index in [1.54, 1.807) is 0 Å². The Kier molecular flexibility index (Phi) is 6.20. The van der Waals surface area contributed by atoms with E-state index in [0.29, 0.717) is 0 Å². The van der Waals surface area contributed by atoms with E-state index >= 15 is 0 Å². The average Bonchev–Trinajstić information content (AvgIpc) is 3.09. The van der Waals surface area contributed by atoms with E-state index in [4.69, 9.17) is 0 Å². The average molecular weight is 548 g/mol. The molecular weight excluding hydrogens is 518 g/mol. The van der Waals surface area contributed by atoms with Crippen LogP contribution in [-0.2, 0) is 0 Å². The fourth-order valence-corrected chi connectivity index (χ4v) is 6.41. The summed E-state index contributed by atoms with van der Waals surface area (Å²) in [6.45, 7) is 0. The predicted octanol–water partition coefficient (Wildman–Crippen LogP) is 11.9. The summed E-state index contributed by atoms with van der Waals surface area (Å²) in [6.07, 6.45) is 0. The summed E-state index contributed by atoms with van der Waals surface area (Å²) in [7, 11) is 0. The van der Waals surface area contributed by atoms with Crippen molar-refractivity contribution in [2.24, 2.45) is 0 Å². The SMILES string of the molecule is c1ccc(-c2ccc(N(c3ccccc3-c3ccccc3)c3cc4ccccc4c4c3ccc3ccccc34)cc2)cc1. The van der Waals surface area contributed by atoms with E-state index < -0.39 is 0 Å². The van der Waals surface area contributed by atoms with E-state index in [-0.39, 0.29) is 0 Å². The monoisotopic (exact) mass is 547 g/mol. The van der Waals surface area contributed by atoms with E-state index in [0.717, 1.165) is 17.1 Å². The van der Waals surface area contributed by atoms with E-state index in [2.05, 4.69) is 181 Å². The molecule has 0 spiro atoms. The topological polar surface area (TPSA) is 3.24 Å². The molecule has 0 heterocycles. The fourth-order valence-electron chi connectivity index (χ4n) is 6.41. The van der Waals surface area contributed by atoms with Crippen molar-refractivity contribution in [3.63, 3.8) is 0 Å². The van der Waals surface area contributed by atoms with Crippen molar-refractivity contribution in [2.45, 2.75) is 0 Å². The largest absolute Gasteiger partial charge is 0.309 e. The van der Waals surface area contributed by atoms with E-state index in [9.17, 15) is 0 Å². The standard InChI is InChI=1S/C42H29N/c1-3-13-30(14-4-1)31-23-26-35(27-24-31)43(40-22-12-11-19-36(40)32-15-5-2-6-16-32)41-29-34-18-8-10-21-38(34)42-37-20-9-7-17-33(37)25-28-39(41)42/h1-29H. The zero-order valence-electron chi connectivity index (χ0n) is 23.7. The van der Waals surface area contributed by atoms with Gasteiger partial charge in [0.25, 0.3) is 0 Å². The van der Waals surface area contributed by atoms with Crippen molar-refractivity contribution in [2.75, 3.05) is 4.90 Å². The second-order valence-electron chi connectivity index (χ2n) is 11.0. The van der Waals surface area contributed by atoms with Crippen LogP contribution in [0.4, 0.5) is 17.1 Å². The second kappa shape index (κ2) is 10.6. The molecule has 0 amide bonds. The first-order chi connectivity index (χ1) is 21.3. The molecule has 0 aliphatic heterocycles. The molecule has 0 saturated carbocycles. The van der Waals surface area contributed by atoms with Gasteiger partial charge in [0.05, 0.1) is 11.4 Å². The summed E-state index contributed by atoms with van der Waals surface area (Å²) in [5.74, 6) is 0. The van der Waals surface area contributed by atoms with Gasteiger partial charge in [0.15, 0.2) is 0 Å². The van der Waals surface area contributed by atoms with Gasteiger partial charge in [0, 0.05) is 16.6 Å². The summed E-state index contributed by atoms with van der Waals surface area (Å²) in [4.78, 5) is 2.45. The Balaban J connectivity index is 1.44. The highest BCUT2D eigenvalue weighted by Crippen LogP contribution is 2.46. The molecule has 8 aromatic rings. The number of fused-ring (bicyclic) bond motifs is 5. The Morgan fingerprint density at radius 1 is 0.326 bits per heavy atom. The number of hydrogen-bond donors (Lipinski definition) is 0. The third-order valence-corrected chi connectivity index (χ3v) is 8.43. The van der Waals surface area contributed by atoms with Crippen LogP contribution >= 0.6 is 0 Å². The van der Waals surface area contributed by atoms with Crippen LogP contribution in [0.3, 0.4) is 0 Å². The predicted molar refractivity (Wildman–Crippen MR) is 185 cm³/mol. The summed E-state index contributed by atoms with van der Waals surface area (Å²) >= 11 is 0. The third-order valence-electron chi connectivity index (χ3n) is 8.43. The molecule has 0 atom stereocenters. The lowest BCUT2D eigenvalue weighted by Gasteiger charge is -2.30. The van der Waals surface area contributed by atoms with Crippen LogP contribution < -0.4 is 4.90 Å². The molecule has 0 unspecified atom stereocenters. The Labute approximate surface area is 251 Å². The maximum absolute atomic E-state index is 2.45. The zero-order chi connectivity index (χ0) is 28.6. The fraction of sp³-hybridized carbons (Fsp3) is 0. The molecule has 1 heteroatoms. The quantitative estimate of drug-likeness (QED) is 0.194. The number of rotatable bonds is 5.